The third-order valence-electron chi connectivity index (χ3n) is 3.48. The molecule has 0 nitrogen and oxygen atoms in total. The molecule has 0 aromatic heterocycles. The molecule has 1 aromatic rings. The number of allylic oxidation sites excluding steroid dienone is 1. The van der Waals surface area contributed by atoms with Crippen LogP contribution in [0.25, 0.3) is 6.08 Å². The summed E-state index contributed by atoms with van der Waals surface area (Å²) in [5, 5.41) is 0. The van der Waals surface area contributed by atoms with Gasteiger partial charge >= 0.3 is 0 Å². The molecule has 14 heavy (non-hydrogen) atoms. The van der Waals surface area contributed by atoms with Gasteiger partial charge in [0.05, 0.1) is 0 Å². The van der Waals surface area contributed by atoms with E-state index in [2.05, 4.69) is 52.0 Å². The SMILES string of the molecule is CC1=Cc2c(C)cccc2CC1(C)C. The molecule has 0 fully saturated rings. The van der Waals surface area contributed by atoms with Crippen LogP contribution in [0.15, 0.2) is 23.8 Å². The Morgan fingerprint density at radius 2 is 1.86 bits per heavy atom. The highest BCUT2D eigenvalue weighted by molar-refractivity contribution is 5.63. The van der Waals surface area contributed by atoms with Gasteiger partial charge in [-0.05, 0) is 42.4 Å². The molecule has 0 aliphatic heterocycles. The van der Waals surface area contributed by atoms with Crippen molar-refractivity contribution in [2.24, 2.45) is 5.41 Å². The average Bonchev–Trinajstić information content (AvgIpc) is 2.08. The second-order valence-electron chi connectivity index (χ2n) is 5.04. The van der Waals surface area contributed by atoms with Crippen molar-refractivity contribution in [3.05, 3.63) is 40.5 Å². The molecule has 0 N–H and O–H groups in total. The van der Waals surface area contributed by atoms with Crippen molar-refractivity contribution >= 4 is 6.08 Å². The number of rotatable bonds is 0. The minimum Gasteiger partial charge on any atom is -0.0667 e. The Labute approximate surface area is 86.7 Å². The van der Waals surface area contributed by atoms with Crippen LogP contribution in [-0.2, 0) is 6.42 Å². The zero-order chi connectivity index (χ0) is 10.3. The van der Waals surface area contributed by atoms with Crippen molar-refractivity contribution in [1.29, 1.82) is 0 Å². The number of hydrogen-bond acceptors (Lipinski definition) is 0. The number of benzene rings is 1. The Hall–Kier alpha value is -1.04. The number of hydrogen-bond donors (Lipinski definition) is 0. The van der Waals surface area contributed by atoms with E-state index >= 15 is 0 Å². The summed E-state index contributed by atoms with van der Waals surface area (Å²) in [5.74, 6) is 0. The molecule has 74 valence electrons. The second kappa shape index (κ2) is 2.98. The second-order valence-corrected chi connectivity index (χ2v) is 5.04. The first-order valence-corrected chi connectivity index (χ1v) is 5.28. The van der Waals surface area contributed by atoms with Crippen LogP contribution in [0.4, 0.5) is 0 Å². The van der Waals surface area contributed by atoms with Gasteiger partial charge in [-0.3, -0.25) is 0 Å². The normalized spacial score (nSPS) is 18.7. The summed E-state index contributed by atoms with van der Waals surface area (Å²) in [7, 11) is 0. The first-order valence-electron chi connectivity index (χ1n) is 5.28. The predicted molar refractivity (Wildman–Crippen MR) is 62.3 cm³/mol. The molecule has 0 radical (unpaired) electrons. The molecule has 1 aliphatic rings. The van der Waals surface area contributed by atoms with Crippen molar-refractivity contribution in [3.63, 3.8) is 0 Å². The summed E-state index contributed by atoms with van der Waals surface area (Å²) in [4.78, 5) is 0. The largest absolute Gasteiger partial charge is 0.0667 e. The standard InChI is InChI=1S/C14H18/c1-10-6-5-7-12-9-14(3,4)11(2)8-13(10)12/h5-8H,9H2,1-4H3. The highest BCUT2D eigenvalue weighted by Crippen LogP contribution is 2.38. The molecule has 0 heteroatoms. The lowest BCUT2D eigenvalue weighted by Gasteiger charge is -2.31. The summed E-state index contributed by atoms with van der Waals surface area (Å²) in [6.45, 7) is 9.09. The number of aryl methyl sites for hydroxylation is 1. The van der Waals surface area contributed by atoms with E-state index in [9.17, 15) is 0 Å². The van der Waals surface area contributed by atoms with Gasteiger partial charge in [-0.25, -0.2) is 0 Å². The van der Waals surface area contributed by atoms with Gasteiger partial charge in [-0.1, -0.05) is 43.7 Å². The highest BCUT2D eigenvalue weighted by atomic mass is 14.3. The van der Waals surface area contributed by atoms with Gasteiger partial charge in [0.1, 0.15) is 0 Å². The van der Waals surface area contributed by atoms with Gasteiger partial charge in [-0.15, -0.1) is 0 Å². The highest BCUT2D eigenvalue weighted by Gasteiger charge is 2.25. The molecule has 2 rings (SSSR count). The van der Waals surface area contributed by atoms with Crippen LogP contribution in [0, 0.1) is 12.3 Å². The minimum atomic E-state index is 0.334. The van der Waals surface area contributed by atoms with Gasteiger partial charge in [-0.2, -0.15) is 0 Å². The molecule has 0 saturated carbocycles. The Balaban J connectivity index is 2.59. The van der Waals surface area contributed by atoms with Gasteiger partial charge in [0.2, 0.25) is 0 Å². The molecule has 0 saturated heterocycles. The maximum Gasteiger partial charge on any atom is -0.0104 e. The maximum absolute atomic E-state index is 2.36. The molecule has 0 spiro atoms. The molecular weight excluding hydrogens is 168 g/mol. The van der Waals surface area contributed by atoms with Crippen molar-refractivity contribution in [3.8, 4) is 0 Å². The van der Waals surface area contributed by atoms with E-state index in [0.29, 0.717) is 5.41 Å². The molecule has 0 unspecified atom stereocenters. The van der Waals surface area contributed by atoms with Gasteiger partial charge in [0.25, 0.3) is 0 Å². The quantitative estimate of drug-likeness (QED) is 0.575. The van der Waals surface area contributed by atoms with Crippen LogP contribution in [-0.4, -0.2) is 0 Å². The first-order chi connectivity index (χ1) is 6.50. The number of fused-ring (bicyclic) bond motifs is 1. The first kappa shape index (κ1) is 9.51. The molecule has 0 bridgehead atoms. The summed E-state index contributed by atoms with van der Waals surface area (Å²) >= 11 is 0. The minimum absolute atomic E-state index is 0.334. The third kappa shape index (κ3) is 1.39. The van der Waals surface area contributed by atoms with Crippen LogP contribution < -0.4 is 0 Å². The Morgan fingerprint density at radius 1 is 1.14 bits per heavy atom. The van der Waals surface area contributed by atoms with Gasteiger partial charge in [0, 0.05) is 0 Å². The van der Waals surface area contributed by atoms with Crippen LogP contribution in [0.5, 0.6) is 0 Å². The zero-order valence-electron chi connectivity index (χ0n) is 9.52. The van der Waals surface area contributed by atoms with Crippen molar-refractivity contribution in [2.45, 2.75) is 34.1 Å². The van der Waals surface area contributed by atoms with Gasteiger partial charge in [0.15, 0.2) is 0 Å². The Morgan fingerprint density at radius 3 is 2.57 bits per heavy atom. The van der Waals surface area contributed by atoms with Crippen molar-refractivity contribution < 1.29 is 0 Å². The van der Waals surface area contributed by atoms with Crippen molar-refractivity contribution in [2.75, 3.05) is 0 Å². The van der Waals surface area contributed by atoms with Crippen LogP contribution >= 0.6 is 0 Å². The van der Waals surface area contributed by atoms with Crippen LogP contribution in [0.3, 0.4) is 0 Å². The molecule has 0 atom stereocenters. The predicted octanol–water partition coefficient (Wildman–Crippen LogP) is 3.98. The van der Waals surface area contributed by atoms with Crippen LogP contribution in [0.2, 0.25) is 0 Å². The fraction of sp³-hybridized carbons (Fsp3) is 0.429. The summed E-state index contributed by atoms with van der Waals surface area (Å²) in [6.07, 6.45) is 3.53. The van der Waals surface area contributed by atoms with E-state index in [-0.39, 0.29) is 0 Å². The summed E-state index contributed by atoms with van der Waals surface area (Å²) in [5.41, 5.74) is 6.18. The fourth-order valence-electron chi connectivity index (χ4n) is 2.13. The molecule has 0 heterocycles. The fourth-order valence-corrected chi connectivity index (χ4v) is 2.13. The van der Waals surface area contributed by atoms with E-state index in [0.717, 1.165) is 0 Å². The molecule has 1 aromatic carbocycles. The van der Waals surface area contributed by atoms with Crippen LogP contribution in [0.1, 0.15) is 37.5 Å². The molecule has 1 aliphatic carbocycles. The average molecular weight is 186 g/mol. The lowest BCUT2D eigenvalue weighted by Crippen LogP contribution is -2.20. The van der Waals surface area contributed by atoms with Gasteiger partial charge < -0.3 is 0 Å². The maximum atomic E-state index is 2.36. The Kier molecular flexibility index (Phi) is 2.02. The van der Waals surface area contributed by atoms with E-state index in [1.54, 1.807) is 0 Å². The Bertz CT molecular complexity index is 394. The molecular formula is C14H18. The lowest BCUT2D eigenvalue weighted by atomic mass is 9.73. The third-order valence-corrected chi connectivity index (χ3v) is 3.48. The van der Waals surface area contributed by atoms with Crippen molar-refractivity contribution in [1.82, 2.24) is 0 Å². The summed E-state index contributed by atoms with van der Waals surface area (Å²) < 4.78 is 0. The van der Waals surface area contributed by atoms with E-state index in [4.69, 9.17) is 0 Å². The topological polar surface area (TPSA) is 0 Å². The molecule has 0 amide bonds. The lowest BCUT2D eigenvalue weighted by molar-refractivity contribution is 0.441. The summed E-state index contributed by atoms with van der Waals surface area (Å²) in [6, 6.07) is 6.62. The van der Waals surface area contributed by atoms with E-state index in [1.807, 2.05) is 0 Å². The van der Waals surface area contributed by atoms with E-state index < -0.39 is 0 Å². The zero-order valence-corrected chi connectivity index (χ0v) is 9.52. The monoisotopic (exact) mass is 186 g/mol. The smallest absolute Gasteiger partial charge is 0.0104 e. The van der Waals surface area contributed by atoms with E-state index in [1.165, 1.54) is 28.7 Å².